The molecule has 2 heteroatoms. The van der Waals surface area contributed by atoms with Crippen molar-refractivity contribution >= 4 is 5.71 Å². The van der Waals surface area contributed by atoms with Crippen molar-refractivity contribution in [3.63, 3.8) is 0 Å². The first kappa shape index (κ1) is 10.7. The fraction of sp³-hybridized carbons (Fsp3) is 0.250. The van der Waals surface area contributed by atoms with E-state index in [0.717, 1.165) is 12.1 Å². The lowest BCUT2D eigenvalue weighted by atomic mass is 9.97. The summed E-state index contributed by atoms with van der Waals surface area (Å²) < 4.78 is 0. The molecule has 1 unspecified atom stereocenters. The summed E-state index contributed by atoms with van der Waals surface area (Å²) in [6, 6.07) is 9.76. The van der Waals surface area contributed by atoms with E-state index in [9.17, 15) is 0 Å². The standard InChI is InChI=1S/C12H16N2/c1-3-10(9-14-2)12(13)11-7-5-4-6-8-11/h3-8,10,13-14H,1,9H2,2H3. The van der Waals surface area contributed by atoms with Gasteiger partial charge in [0.05, 0.1) is 0 Å². The zero-order valence-corrected chi connectivity index (χ0v) is 8.46. The normalized spacial score (nSPS) is 12.1. The molecule has 1 aromatic carbocycles. The molecule has 0 heterocycles. The van der Waals surface area contributed by atoms with Crippen LogP contribution >= 0.6 is 0 Å². The van der Waals surface area contributed by atoms with E-state index in [1.54, 1.807) is 0 Å². The van der Waals surface area contributed by atoms with Crippen LogP contribution in [0.5, 0.6) is 0 Å². The minimum absolute atomic E-state index is 0.0856. The maximum absolute atomic E-state index is 7.98. The molecule has 1 atom stereocenters. The highest BCUT2D eigenvalue weighted by Crippen LogP contribution is 2.08. The van der Waals surface area contributed by atoms with Crippen molar-refractivity contribution < 1.29 is 0 Å². The van der Waals surface area contributed by atoms with Crippen molar-refractivity contribution in [3.05, 3.63) is 48.6 Å². The highest BCUT2D eigenvalue weighted by Gasteiger charge is 2.10. The monoisotopic (exact) mass is 188 g/mol. The summed E-state index contributed by atoms with van der Waals surface area (Å²) in [7, 11) is 1.88. The van der Waals surface area contributed by atoms with Crippen molar-refractivity contribution in [2.24, 2.45) is 5.92 Å². The van der Waals surface area contributed by atoms with E-state index < -0.39 is 0 Å². The van der Waals surface area contributed by atoms with E-state index in [1.165, 1.54) is 0 Å². The van der Waals surface area contributed by atoms with E-state index in [0.29, 0.717) is 5.71 Å². The Hall–Kier alpha value is -1.41. The summed E-state index contributed by atoms with van der Waals surface area (Å²) in [6.45, 7) is 4.51. The smallest absolute Gasteiger partial charge is 0.0467 e. The maximum Gasteiger partial charge on any atom is 0.0467 e. The zero-order chi connectivity index (χ0) is 10.4. The lowest BCUT2D eigenvalue weighted by Crippen LogP contribution is -2.24. The number of benzene rings is 1. The molecule has 0 saturated carbocycles. The summed E-state index contributed by atoms with van der Waals surface area (Å²) in [6.07, 6.45) is 1.81. The molecular weight excluding hydrogens is 172 g/mol. The van der Waals surface area contributed by atoms with Gasteiger partial charge in [-0.2, -0.15) is 0 Å². The van der Waals surface area contributed by atoms with Gasteiger partial charge >= 0.3 is 0 Å². The van der Waals surface area contributed by atoms with Crippen LogP contribution in [-0.2, 0) is 0 Å². The zero-order valence-electron chi connectivity index (χ0n) is 8.46. The minimum atomic E-state index is 0.0856. The van der Waals surface area contributed by atoms with Crippen molar-refractivity contribution in [2.45, 2.75) is 0 Å². The Morgan fingerprint density at radius 1 is 1.50 bits per heavy atom. The van der Waals surface area contributed by atoms with Gasteiger partial charge in [0.25, 0.3) is 0 Å². The van der Waals surface area contributed by atoms with Crippen LogP contribution in [0, 0.1) is 11.3 Å². The third-order valence-electron chi connectivity index (χ3n) is 2.16. The van der Waals surface area contributed by atoms with Gasteiger partial charge in [0.2, 0.25) is 0 Å². The summed E-state index contributed by atoms with van der Waals surface area (Å²) in [4.78, 5) is 0. The van der Waals surface area contributed by atoms with E-state index >= 15 is 0 Å². The molecule has 0 radical (unpaired) electrons. The summed E-state index contributed by atoms with van der Waals surface area (Å²) in [5.74, 6) is 0.0856. The highest BCUT2D eigenvalue weighted by atomic mass is 14.8. The van der Waals surface area contributed by atoms with Gasteiger partial charge < -0.3 is 10.7 Å². The SMILES string of the molecule is C=CC(CNC)C(=N)c1ccccc1. The fourth-order valence-electron chi connectivity index (χ4n) is 1.35. The van der Waals surface area contributed by atoms with Gasteiger partial charge in [0.1, 0.15) is 0 Å². The Balaban J connectivity index is 2.78. The van der Waals surface area contributed by atoms with E-state index in [1.807, 2.05) is 43.5 Å². The summed E-state index contributed by atoms with van der Waals surface area (Å²) in [5.41, 5.74) is 1.59. The molecule has 0 bridgehead atoms. The molecule has 2 N–H and O–H groups in total. The van der Waals surface area contributed by atoms with Crippen LogP contribution in [-0.4, -0.2) is 19.3 Å². The summed E-state index contributed by atoms with van der Waals surface area (Å²) in [5, 5.41) is 11.0. The second kappa shape index (κ2) is 5.35. The molecule has 1 rings (SSSR count). The van der Waals surface area contributed by atoms with Crippen LogP contribution in [0.15, 0.2) is 43.0 Å². The van der Waals surface area contributed by atoms with Gasteiger partial charge in [0.15, 0.2) is 0 Å². The van der Waals surface area contributed by atoms with Crippen LogP contribution in [0.1, 0.15) is 5.56 Å². The molecule has 0 aliphatic rings. The molecule has 74 valence electrons. The average molecular weight is 188 g/mol. The first-order valence-electron chi connectivity index (χ1n) is 4.70. The average Bonchev–Trinajstić information content (AvgIpc) is 2.26. The number of rotatable bonds is 5. The van der Waals surface area contributed by atoms with Crippen molar-refractivity contribution in [3.8, 4) is 0 Å². The Bertz CT molecular complexity index is 303. The topological polar surface area (TPSA) is 35.9 Å². The van der Waals surface area contributed by atoms with Crippen LogP contribution in [0.4, 0.5) is 0 Å². The number of nitrogens with one attached hydrogen (secondary N) is 2. The predicted octanol–water partition coefficient (Wildman–Crippen LogP) is 2.08. The van der Waals surface area contributed by atoms with Gasteiger partial charge in [-0.3, -0.25) is 0 Å². The van der Waals surface area contributed by atoms with Gasteiger partial charge in [-0.05, 0) is 12.6 Å². The van der Waals surface area contributed by atoms with Gasteiger partial charge in [-0.1, -0.05) is 36.4 Å². The second-order valence-electron chi connectivity index (χ2n) is 3.18. The lowest BCUT2D eigenvalue weighted by Gasteiger charge is -2.13. The Morgan fingerprint density at radius 2 is 2.14 bits per heavy atom. The lowest BCUT2D eigenvalue weighted by molar-refractivity contribution is 0.727. The highest BCUT2D eigenvalue weighted by molar-refractivity contribution is 6.01. The first-order chi connectivity index (χ1) is 6.79. The molecule has 0 aliphatic carbocycles. The molecule has 0 amide bonds. The molecular formula is C12H16N2. The molecule has 0 aromatic heterocycles. The first-order valence-corrected chi connectivity index (χ1v) is 4.70. The van der Waals surface area contributed by atoms with Crippen LogP contribution in [0.25, 0.3) is 0 Å². The van der Waals surface area contributed by atoms with Crippen molar-refractivity contribution in [2.75, 3.05) is 13.6 Å². The molecule has 0 aliphatic heterocycles. The molecule has 0 fully saturated rings. The second-order valence-corrected chi connectivity index (χ2v) is 3.18. The van der Waals surface area contributed by atoms with Crippen LogP contribution < -0.4 is 5.32 Å². The quantitative estimate of drug-likeness (QED) is 0.538. The molecule has 1 aromatic rings. The third-order valence-corrected chi connectivity index (χ3v) is 2.16. The molecule has 0 spiro atoms. The fourth-order valence-corrected chi connectivity index (χ4v) is 1.35. The molecule has 2 nitrogen and oxygen atoms in total. The largest absolute Gasteiger partial charge is 0.319 e. The van der Waals surface area contributed by atoms with Gasteiger partial charge in [-0.25, -0.2) is 0 Å². The third kappa shape index (κ3) is 2.54. The number of hydrogen-bond donors (Lipinski definition) is 2. The van der Waals surface area contributed by atoms with E-state index in [4.69, 9.17) is 5.41 Å². The minimum Gasteiger partial charge on any atom is -0.319 e. The summed E-state index contributed by atoms with van der Waals surface area (Å²) >= 11 is 0. The van der Waals surface area contributed by atoms with Crippen molar-refractivity contribution in [1.82, 2.24) is 5.32 Å². The van der Waals surface area contributed by atoms with Crippen LogP contribution in [0.3, 0.4) is 0 Å². The van der Waals surface area contributed by atoms with Crippen LogP contribution in [0.2, 0.25) is 0 Å². The van der Waals surface area contributed by atoms with E-state index in [2.05, 4.69) is 11.9 Å². The van der Waals surface area contributed by atoms with Crippen molar-refractivity contribution in [1.29, 1.82) is 5.41 Å². The maximum atomic E-state index is 7.98. The number of hydrogen-bond acceptors (Lipinski definition) is 2. The molecule has 14 heavy (non-hydrogen) atoms. The van der Waals surface area contributed by atoms with Gasteiger partial charge in [0, 0.05) is 18.2 Å². The Morgan fingerprint density at radius 3 is 2.64 bits per heavy atom. The Labute approximate surface area is 85.2 Å². The predicted molar refractivity (Wildman–Crippen MR) is 60.9 cm³/mol. The Kier molecular flexibility index (Phi) is 4.08. The molecule has 0 saturated heterocycles. The van der Waals surface area contributed by atoms with E-state index in [-0.39, 0.29) is 5.92 Å². The van der Waals surface area contributed by atoms with Gasteiger partial charge in [-0.15, -0.1) is 6.58 Å².